The Labute approximate surface area is 139 Å². The second-order valence-corrected chi connectivity index (χ2v) is 6.82. The number of nitrogens with zero attached hydrogens (tertiary/aromatic N) is 2. The Bertz CT molecular complexity index is 557. The first kappa shape index (κ1) is 17.8. The van der Waals surface area contributed by atoms with Crippen molar-refractivity contribution in [3.63, 3.8) is 0 Å². The summed E-state index contributed by atoms with van der Waals surface area (Å²) in [6.07, 6.45) is 0.440. The Hall–Kier alpha value is -1.59. The van der Waals surface area contributed by atoms with Crippen LogP contribution in [0.25, 0.3) is 0 Å². The zero-order valence-electron chi connectivity index (χ0n) is 14.9. The molecule has 128 valence electrons. The third kappa shape index (κ3) is 3.85. The van der Waals surface area contributed by atoms with E-state index >= 15 is 0 Å². The van der Waals surface area contributed by atoms with Crippen LogP contribution in [0.5, 0.6) is 5.75 Å². The second-order valence-electron chi connectivity index (χ2n) is 6.82. The van der Waals surface area contributed by atoms with Crippen LogP contribution in [0.2, 0.25) is 0 Å². The standard InChI is InChI=1S/C18H29N3O2/c1-6-14(19)13-7-8-16-15(11-13)21(10-9-20(4)5)18(22)17(23-16)12(2)3/h7-8,11-12,14,17H,6,9-10,19H2,1-5H3. The normalized spacial score (nSPS) is 19.0. The van der Waals surface area contributed by atoms with Crippen molar-refractivity contribution in [3.8, 4) is 5.75 Å². The minimum atomic E-state index is -0.421. The number of fused-ring (bicyclic) bond motifs is 1. The molecule has 0 radical (unpaired) electrons. The number of hydrogen-bond acceptors (Lipinski definition) is 4. The van der Waals surface area contributed by atoms with Crippen LogP contribution < -0.4 is 15.4 Å². The van der Waals surface area contributed by atoms with E-state index in [0.29, 0.717) is 6.54 Å². The van der Waals surface area contributed by atoms with Crippen molar-refractivity contribution in [2.75, 3.05) is 32.1 Å². The van der Waals surface area contributed by atoms with Crippen LogP contribution in [0.3, 0.4) is 0 Å². The Balaban J connectivity index is 2.40. The highest BCUT2D eigenvalue weighted by Crippen LogP contribution is 2.37. The minimum Gasteiger partial charge on any atom is -0.478 e. The number of anilines is 1. The van der Waals surface area contributed by atoms with Crippen LogP contribution in [-0.2, 0) is 4.79 Å². The zero-order chi connectivity index (χ0) is 17.1. The lowest BCUT2D eigenvalue weighted by Gasteiger charge is -2.37. The molecule has 1 amide bonds. The van der Waals surface area contributed by atoms with E-state index in [-0.39, 0.29) is 17.9 Å². The molecule has 0 aromatic heterocycles. The summed E-state index contributed by atoms with van der Waals surface area (Å²) < 4.78 is 5.97. The van der Waals surface area contributed by atoms with Gasteiger partial charge in [-0.15, -0.1) is 0 Å². The lowest BCUT2D eigenvalue weighted by molar-refractivity contribution is -0.128. The number of nitrogens with two attached hydrogens (primary N) is 1. The van der Waals surface area contributed by atoms with Crippen molar-refractivity contribution in [3.05, 3.63) is 23.8 Å². The number of hydrogen-bond donors (Lipinski definition) is 1. The molecule has 1 aromatic rings. The first-order chi connectivity index (χ1) is 10.8. The lowest BCUT2D eigenvalue weighted by Crippen LogP contribution is -2.50. The van der Waals surface area contributed by atoms with Crippen LogP contribution >= 0.6 is 0 Å². The maximum absolute atomic E-state index is 12.8. The SMILES string of the molecule is CCC(N)c1ccc2c(c1)N(CCN(C)C)C(=O)C(C(C)C)O2. The molecule has 2 unspecified atom stereocenters. The van der Waals surface area contributed by atoms with Gasteiger partial charge in [-0.1, -0.05) is 26.8 Å². The molecule has 2 N–H and O–H groups in total. The molecule has 1 aromatic carbocycles. The largest absolute Gasteiger partial charge is 0.478 e. The highest BCUT2D eigenvalue weighted by atomic mass is 16.5. The predicted octanol–water partition coefficient (Wildman–Crippen LogP) is 2.41. The van der Waals surface area contributed by atoms with Crippen molar-refractivity contribution >= 4 is 11.6 Å². The number of amides is 1. The van der Waals surface area contributed by atoms with E-state index in [1.807, 2.05) is 51.0 Å². The topological polar surface area (TPSA) is 58.8 Å². The molecule has 1 aliphatic heterocycles. The molecule has 1 aliphatic rings. The van der Waals surface area contributed by atoms with Crippen molar-refractivity contribution in [1.29, 1.82) is 0 Å². The number of carbonyl (C=O) groups excluding carboxylic acids is 1. The Kier molecular flexibility index (Phi) is 5.65. The number of benzene rings is 1. The first-order valence-corrected chi connectivity index (χ1v) is 8.37. The average Bonchev–Trinajstić information content (AvgIpc) is 2.51. The maximum Gasteiger partial charge on any atom is 0.268 e. The molecule has 0 saturated carbocycles. The second kappa shape index (κ2) is 7.32. The van der Waals surface area contributed by atoms with Crippen molar-refractivity contribution < 1.29 is 9.53 Å². The quantitative estimate of drug-likeness (QED) is 0.875. The van der Waals surface area contributed by atoms with Gasteiger partial charge in [0.05, 0.1) is 5.69 Å². The maximum atomic E-state index is 12.8. The third-order valence-corrected chi connectivity index (χ3v) is 4.28. The fourth-order valence-corrected chi connectivity index (χ4v) is 2.72. The van der Waals surface area contributed by atoms with Gasteiger partial charge >= 0.3 is 0 Å². The summed E-state index contributed by atoms with van der Waals surface area (Å²) in [6, 6.07) is 5.94. The predicted molar refractivity (Wildman–Crippen MR) is 93.8 cm³/mol. The van der Waals surface area contributed by atoms with Gasteiger partial charge in [-0.05, 0) is 44.1 Å². The molecular formula is C18H29N3O2. The number of ether oxygens (including phenoxy) is 1. The van der Waals surface area contributed by atoms with Gasteiger partial charge in [-0.2, -0.15) is 0 Å². The van der Waals surface area contributed by atoms with E-state index in [0.717, 1.165) is 30.0 Å². The molecule has 0 saturated heterocycles. The molecule has 1 heterocycles. The van der Waals surface area contributed by atoms with Crippen molar-refractivity contribution in [2.24, 2.45) is 11.7 Å². The van der Waals surface area contributed by atoms with Gasteiger partial charge in [-0.3, -0.25) is 4.79 Å². The Morgan fingerprint density at radius 1 is 1.35 bits per heavy atom. The highest BCUT2D eigenvalue weighted by Gasteiger charge is 2.36. The van der Waals surface area contributed by atoms with Crippen LogP contribution in [0.15, 0.2) is 18.2 Å². The van der Waals surface area contributed by atoms with Gasteiger partial charge in [0.1, 0.15) is 5.75 Å². The molecular weight excluding hydrogens is 290 g/mol. The molecule has 23 heavy (non-hydrogen) atoms. The van der Waals surface area contributed by atoms with Gasteiger partial charge in [0, 0.05) is 19.1 Å². The van der Waals surface area contributed by atoms with Crippen molar-refractivity contribution in [1.82, 2.24) is 4.90 Å². The monoisotopic (exact) mass is 319 g/mol. The summed E-state index contributed by atoms with van der Waals surface area (Å²) in [6.45, 7) is 7.54. The summed E-state index contributed by atoms with van der Waals surface area (Å²) in [7, 11) is 4.02. The summed E-state index contributed by atoms with van der Waals surface area (Å²) in [5.41, 5.74) is 8.04. The molecule has 0 spiro atoms. The van der Waals surface area contributed by atoms with E-state index in [1.165, 1.54) is 0 Å². The molecule has 0 aliphatic carbocycles. The van der Waals surface area contributed by atoms with Crippen LogP contribution in [0.1, 0.15) is 38.8 Å². The van der Waals surface area contributed by atoms with Gasteiger partial charge in [-0.25, -0.2) is 0 Å². The van der Waals surface area contributed by atoms with E-state index in [2.05, 4.69) is 11.8 Å². The van der Waals surface area contributed by atoms with E-state index in [4.69, 9.17) is 10.5 Å². The minimum absolute atomic E-state index is 0.0195. The smallest absolute Gasteiger partial charge is 0.268 e. The molecule has 2 rings (SSSR count). The molecule has 2 atom stereocenters. The molecule has 0 bridgehead atoms. The molecule has 5 nitrogen and oxygen atoms in total. The van der Waals surface area contributed by atoms with E-state index in [1.54, 1.807) is 0 Å². The number of carbonyl (C=O) groups is 1. The summed E-state index contributed by atoms with van der Waals surface area (Å²) in [5, 5.41) is 0. The van der Waals surface area contributed by atoms with E-state index < -0.39 is 6.10 Å². The number of rotatable bonds is 6. The van der Waals surface area contributed by atoms with Gasteiger partial charge in [0.2, 0.25) is 0 Å². The van der Waals surface area contributed by atoms with Crippen LogP contribution in [0, 0.1) is 5.92 Å². The first-order valence-electron chi connectivity index (χ1n) is 8.37. The molecule has 0 fully saturated rings. The van der Waals surface area contributed by atoms with Gasteiger partial charge in [0.15, 0.2) is 6.10 Å². The number of likely N-dealkylation sites (N-methyl/N-ethyl adjacent to an activating group) is 1. The summed E-state index contributed by atoms with van der Waals surface area (Å²) in [4.78, 5) is 16.8. The lowest BCUT2D eigenvalue weighted by atomic mass is 10.00. The van der Waals surface area contributed by atoms with Crippen molar-refractivity contribution in [2.45, 2.75) is 39.3 Å². The fourth-order valence-electron chi connectivity index (χ4n) is 2.72. The third-order valence-electron chi connectivity index (χ3n) is 4.28. The molecule has 5 heteroatoms. The van der Waals surface area contributed by atoms with Gasteiger partial charge in [0.25, 0.3) is 5.91 Å². The van der Waals surface area contributed by atoms with Crippen LogP contribution in [0.4, 0.5) is 5.69 Å². The average molecular weight is 319 g/mol. The summed E-state index contributed by atoms with van der Waals surface area (Å²) in [5.74, 6) is 0.945. The summed E-state index contributed by atoms with van der Waals surface area (Å²) >= 11 is 0. The highest BCUT2D eigenvalue weighted by molar-refractivity contribution is 6.00. The Morgan fingerprint density at radius 2 is 2.04 bits per heavy atom. The Morgan fingerprint density at radius 3 is 2.61 bits per heavy atom. The fraction of sp³-hybridized carbons (Fsp3) is 0.611. The van der Waals surface area contributed by atoms with E-state index in [9.17, 15) is 4.79 Å². The van der Waals surface area contributed by atoms with Gasteiger partial charge < -0.3 is 20.3 Å². The van der Waals surface area contributed by atoms with Crippen LogP contribution in [-0.4, -0.2) is 44.1 Å². The zero-order valence-corrected chi connectivity index (χ0v) is 14.9.